The zero-order valence-electron chi connectivity index (χ0n) is 16.1. The van der Waals surface area contributed by atoms with E-state index in [-0.39, 0.29) is 5.88 Å². The Bertz CT molecular complexity index is 747. The van der Waals surface area contributed by atoms with E-state index in [1.807, 2.05) is 26.1 Å². The van der Waals surface area contributed by atoms with Gasteiger partial charge in [0, 0.05) is 44.5 Å². The molecule has 0 unspecified atom stereocenters. The van der Waals surface area contributed by atoms with Crippen molar-refractivity contribution in [3.05, 3.63) is 35.4 Å². The third kappa shape index (κ3) is 5.38. The van der Waals surface area contributed by atoms with Crippen LogP contribution in [0.15, 0.2) is 24.3 Å². The standard InChI is InChI=1S/C20H29N5O2/c1-14-18(23-17-6-10-27-11-7-17)24-19(25-20(14)26)16-5-3-4-15(12-16)13-22-9-8-21-2/h3-5,12,17,21-22H,6-11,13H2,1-2H3,(H2,23,24,25,26). The SMILES string of the molecule is CNCCNCc1cccc(-c2nc(O)c(C)c(NC3CCOCC3)n2)c1. The molecule has 7 nitrogen and oxygen atoms in total. The second-order valence-electron chi connectivity index (χ2n) is 6.86. The molecule has 0 saturated carbocycles. The number of aromatic nitrogens is 2. The molecule has 1 saturated heterocycles. The van der Waals surface area contributed by atoms with Crippen molar-refractivity contribution in [1.82, 2.24) is 20.6 Å². The van der Waals surface area contributed by atoms with Gasteiger partial charge in [0.2, 0.25) is 5.88 Å². The fraction of sp³-hybridized carbons (Fsp3) is 0.500. The van der Waals surface area contributed by atoms with Crippen molar-refractivity contribution in [2.45, 2.75) is 32.4 Å². The first kappa shape index (κ1) is 19.5. The van der Waals surface area contributed by atoms with Crippen molar-refractivity contribution in [2.75, 3.05) is 38.7 Å². The number of hydrogen-bond acceptors (Lipinski definition) is 7. The molecule has 1 aromatic carbocycles. The molecule has 1 aromatic heterocycles. The first-order valence-corrected chi connectivity index (χ1v) is 9.54. The van der Waals surface area contributed by atoms with Crippen LogP contribution in [0.4, 0.5) is 5.82 Å². The molecule has 0 spiro atoms. The van der Waals surface area contributed by atoms with E-state index in [0.717, 1.165) is 56.8 Å². The minimum Gasteiger partial charge on any atom is -0.493 e. The van der Waals surface area contributed by atoms with Crippen molar-refractivity contribution in [1.29, 1.82) is 0 Å². The Balaban J connectivity index is 1.77. The van der Waals surface area contributed by atoms with Gasteiger partial charge in [0.1, 0.15) is 5.82 Å². The van der Waals surface area contributed by atoms with Gasteiger partial charge in [0.15, 0.2) is 5.82 Å². The molecule has 27 heavy (non-hydrogen) atoms. The maximum atomic E-state index is 10.3. The van der Waals surface area contributed by atoms with Gasteiger partial charge in [0.05, 0.1) is 5.56 Å². The summed E-state index contributed by atoms with van der Waals surface area (Å²) in [4.78, 5) is 8.99. The number of nitrogens with zero attached hydrogens (tertiary/aromatic N) is 2. The zero-order valence-corrected chi connectivity index (χ0v) is 16.1. The van der Waals surface area contributed by atoms with Crippen molar-refractivity contribution in [3.63, 3.8) is 0 Å². The third-order valence-electron chi connectivity index (χ3n) is 4.75. The highest BCUT2D eigenvalue weighted by Crippen LogP contribution is 2.27. The molecule has 1 fully saturated rings. The van der Waals surface area contributed by atoms with Gasteiger partial charge >= 0.3 is 0 Å². The topological polar surface area (TPSA) is 91.3 Å². The second kappa shape index (κ2) is 9.64. The number of likely N-dealkylation sites (N-methyl/N-ethyl adjacent to an activating group) is 1. The highest BCUT2D eigenvalue weighted by atomic mass is 16.5. The molecule has 1 aliphatic heterocycles. The summed E-state index contributed by atoms with van der Waals surface area (Å²) < 4.78 is 5.41. The van der Waals surface area contributed by atoms with E-state index in [9.17, 15) is 5.11 Å². The van der Waals surface area contributed by atoms with Crippen LogP contribution < -0.4 is 16.0 Å². The van der Waals surface area contributed by atoms with Gasteiger partial charge < -0.3 is 25.8 Å². The van der Waals surface area contributed by atoms with Crippen LogP contribution in [0.1, 0.15) is 24.0 Å². The summed E-state index contributed by atoms with van der Waals surface area (Å²) >= 11 is 0. The van der Waals surface area contributed by atoms with Crippen molar-refractivity contribution in [3.8, 4) is 17.3 Å². The molecule has 0 radical (unpaired) electrons. The van der Waals surface area contributed by atoms with Crippen LogP contribution in [0, 0.1) is 6.92 Å². The van der Waals surface area contributed by atoms with E-state index in [1.54, 1.807) is 0 Å². The number of anilines is 1. The average molecular weight is 371 g/mol. The number of nitrogens with one attached hydrogen (secondary N) is 3. The Labute approximate surface area is 160 Å². The highest BCUT2D eigenvalue weighted by molar-refractivity contribution is 5.61. The first-order valence-electron chi connectivity index (χ1n) is 9.54. The molecule has 4 N–H and O–H groups in total. The lowest BCUT2D eigenvalue weighted by molar-refractivity contribution is 0.0903. The summed E-state index contributed by atoms with van der Waals surface area (Å²) in [5.74, 6) is 1.25. The van der Waals surface area contributed by atoms with E-state index in [4.69, 9.17) is 9.72 Å². The fourth-order valence-corrected chi connectivity index (χ4v) is 3.08. The Morgan fingerprint density at radius 1 is 1.19 bits per heavy atom. The molecule has 0 aliphatic carbocycles. The largest absolute Gasteiger partial charge is 0.493 e. The van der Waals surface area contributed by atoms with E-state index < -0.39 is 0 Å². The lowest BCUT2D eigenvalue weighted by Gasteiger charge is -2.24. The van der Waals surface area contributed by atoms with Gasteiger partial charge in [-0.3, -0.25) is 0 Å². The quantitative estimate of drug-likeness (QED) is 0.528. The normalized spacial score (nSPS) is 15.0. The molecule has 2 heterocycles. The van der Waals surface area contributed by atoms with Gasteiger partial charge in [-0.05, 0) is 38.4 Å². The number of benzene rings is 1. The molecule has 7 heteroatoms. The zero-order chi connectivity index (χ0) is 19.1. The van der Waals surface area contributed by atoms with E-state index in [2.05, 4.69) is 33.1 Å². The summed E-state index contributed by atoms with van der Waals surface area (Å²) in [6.07, 6.45) is 1.88. The molecular weight excluding hydrogens is 342 g/mol. The number of hydrogen-bond donors (Lipinski definition) is 4. The van der Waals surface area contributed by atoms with E-state index in [0.29, 0.717) is 23.2 Å². The summed E-state index contributed by atoms with van der Waals surface area (Å²) in [7, 11) is 1.94. The van der Waals surface area contributed by atoms with Gasteiger partial charge in [0.25, 0.3) is 0 Å². The lowest BCUT2D eigenvalue weighted by Crippen LogP contribution is -2.28. The monoisotopic (exact) mass is 371 g/mol. The molecular formula is C20H29N5O2. The number of aromatic hydroxyl groups is 1. The van der Waals surface area contributed by atoms with Gasteiger partial charge in [-0.25, -0.2) is 4.98 Å². The lowest BCUT2D eigenvalue weighted by atomic mass is 10.1. The van der Waals surface area contributed by atoms with Crippen molar-refractivity contribution < 1.29 is 9.84 Å². The van der Waals surface area contributed by atoms with E-state index in [1.165, 1.54) is 0 Å². The number of rotatable bonds is 8. The molecule has 2 aromatic rings. The van der Waals surface area contributed by atoms with Crippen LogP contribution in [0.5, 0.6) is 5.88 Å². The Morgan fingerprint density at radius 2 is 2.00 bits per heavy atom. The summed E-state index contributed by atoms with van der Waals surface area (Å²) in [6, 6.07) is 8.41. The maximum Gasteiger partial charge on any atom is 0.219 e. The fourth-order valence-electron chi connectivity index (χ4n) is 3.08. The Hall–Kier alpha value is -2.22. The van der Waals surface area contributed by atoms with E-state index >= 15 is 0 Å². The minimum atomic E-state index is 0.0205. The minimum absolute atomic E-state index is 0.0205. The molecule has 1 aliphatic rings. The smallest absolute Gasteiger partial charge is 0.219 e. The van der Waals surface area contributed by atoms with Crippen LogP contribution in [0.2, 0.25) is 0 Å². The summed E-state index contributed by atoms with van der Waals surface area (Å²) in [5, 5.41) is 20.3. The van der Waals surface area contributed by atoms with Gasteiger partial charge in [-0.2, -0.15) is 4.98 Å². The third-order valence-corrected chi connectivity index (χ3v) is 4.75. The van der Waals surface area contributed by atoms with Crippen LogP contribution in [-0.4, -0.2) is 54.5 Å². The maximum absolute atomic E-state index is 10.3. The van der Waals surface area contributed by atoms with Crippen LogP contribution >= 0.6 is 0 Å². The van der Waals surface area contributed by atoms with Crippen molar-refractivity contribution in [2.24, 2.45) is 0 Å². The highest BCUT2D eigenvalue weighted by Gasteiger charge is 2.18. The predicted molar refractivity (Wildman–Crippen MR) is 107 cm³/mol. The first-order chi connectivity index (χ1) is 13.2. The average Bonchev–Trinajstić information content (AvgIpc) is 2.70. The molecule has 3 rings (SSSR count). The molecule has 0 amide bonds. The summed E-state index contributed by atoms with van der Waals surface area (Å²) in [6.45, 7) is 5.95. The predicted octanol–water partition coefficient (Wildman–Crippen LogP) is 2.06. The van der Waals surface area contributed by atoms with Crippen LogP contribution in [0.3, 0.4) is 0 Å². The van der Waals surface area contributed by atoms with Gasteiger partial charge in [-0.1, -0.05) is 18.2 Å². The molecule has 146 valence electrons. The molecule has 0 bridgehead atoms. The Kier molecular flexibility index (Phi) is 6.98. The van der Waals surface area contributed by atoms with Gasteiger partial charge in [-0.15, -0.1) is 0 Å². The van der Waals surface area contributed by atoms with Crippen LogP contribution in [0.25, 0.3) is 11.4 Å². The summed E-state index contributed by atoms with van der Waals surface area (Å²) in [5.41, 5.74) is 2.73. The second-order valence-corrected chi connectivity index (χ2v) is 6.86. The van der Waals surface area contributed by atoms with Crippen LogP contribution in [-0.2, 0) is 11.3 Å². The number of ether oxygens (including phenoxy) is 1. The van der Waals surface area contributed by atoms with Crippen molar-refractivity contribution >= 4 is 5.82 Å². The molecule has 0 atom stereocenters. The Morgan fingerprint density at radius 3 is 2.78 bits per heavy atom.